The summed E-state index contributed by atoms with van der Waals surface area (Å²) in [5.41, 5.74) is 4.03. The fourth-order valence-corrected chi connectivity index (χ4v) is 8.11. The molecule has 2 amide bonds. The number of hydrogen-bond donors (Lipinski definition) is 3. The second-order valence-electron chi connectivity index (χ2n) is 12.6. The number of carbonyl (C=O) groups is 3. The lowest BCUT2D eigenvalue weighted by Crippen LogP contribution is -2.47. The number of nitrogens with one attached hydrogen (secondary N) is 2. The van der Waals surface area contributed by atoms with Gasteiger partial charge in [-0.25, -0.2) is 9.59 Å². The predicted molar refractivity (Wildman–Crippen MR) is 207 cm³/mol. The molecule has 0 aliphatic heterocycles. The lowest BCUT2D eigenvalue weighted by Gasteiger charge is -2.30. The number of phenols is 1. The molecule has 12 heteroatoms. The average molecular weight is 752 g/mol. The van der Waals surface area contributed by atoms with E-state index in [1.165, 1.54) is 12.1 Å². The van der Waals surface area contributed by atoms with Crippen molar-refractivity contribution < 1.29 is 38.0 Å². The van der Waals surface area contributed by atoms with Gasteiger partial charge in [0.2, 0.25) is 5.91 Å². The molecule has 11 nitrogen and oxygen atoms in total. The predicted octanol–water partition coefficient (Wildman–Crippen LogP) is 7.43. The van der Waals surface area contributed by atoms with Crippen LogP contribution in [0.2, 0.25) is 0 Å². The zero-order valence-electron chi connectivity index (χ0n) is 30.4. The van der Waals surface area contributed by atoms with Crippen molar-refractivity contribution in [3.63, 3.8) is 0 Å². The van der Waals surface area contributed by atoms with Crippen molar-refractivity contribution in [3.05, 3.63) is 144 Å². The summed E-state index contributed by atoms with van der Waals surface area (Å²) in [6.07, 6.45) is 0.314. The number of ether oxygens (including phenoxy) is 2. The lowest BCUT2D eigenvalue weighted by atomic mass is 10.0. The first-order valence-electron chi connectivity index (χ1n) is 18.0. The van der Waals surface area contributed by atoms with E-state index in [-0.39, 0.29) is 38.0 Å². The summed E-state index contributed by atoms with van der Waals surface area (Å²) in [6, 6.07) is 35.9. The van der Waals surface area contributed by atoms with E-state index in [2.05, 4.69) is 15.8 Å². The normalized spacial score (nSPS) is 13.2. The molecule has 1 heterocycles. The van der Waals surface area contributed by atoms with Crippen LogP contribution in [-0.4, -0.2) is 59.4 Å². The van der Waals surface area contributed by atoms with Crippen molar-refractivity contribution in [3.8, 4) is 17.0 Å². The highest BCUT2D eigenvalue weighted by Crippen LogP contribution is 2.45. The number of benzene rings is 4. The highest BCUT2D eigenvalue weighted by molar-refractivity contribution is 7.53. The summed E-state index contributed by atoms with van der Waals surface area (Å²) in [4.78, 5) is 40.9. The van der Waals surface area contributed by atoms with Gasteiger partial charge in [0.15, 0.2) is 0 Å². The smallest absolute Gasteiger partial charge is 0.408 e. The van der Waals surface area contributed by atoms with E-state index in [0.29, 0.717) is 24.5 Å². The summed E-state index contributed by atoms with van der Waals surface area (Å²) in [7, 11) is -1.53. The van der Waals surface area contributed by atoms with E-state index in [9.17, 15) is 19.5 Å². The van der Waals surface area contributed by atoms with E-state index in [1.807, 2.05) is 97.9 Å². The Balaban J connectivity index is 1.43. The van der Waals surface area contributed by atoms with E-state index in [0.717, 1.165) is 22.3 Å². The van der Waals surface area contributed by atoms with Crippen LogP contribution in [0.3, 0.4) is 0 Å². The molecule has 5 rings (SSSR count). The molecule has 2 unspecified atom stereocenters. The maximum absolute atomic E-state index is 14.4. The zero-order chi connectivity index (χ0) is 38.1. The second kappa shape index (κ2) is 20.7. The Bertz CT molecular complexity index is 1890. The van der Waals surface area contributed by atoms with Crippen molar-refractivity contribution in [2.24, 2.45) is 5.92 Å². The summed E-state index contributed by atoms with van der Waals surface area (Å²) < 4.78 is 23.1. The number of aromatic hydroxyl groups is 1. The monoisotopic (exact) mass is 751 g/mol. The van der Waals surface area contributed by atoms with Gasteiger partial charge in [-0.2, -0.15) is 0 Å². The molecule has 282 valence electrons. The van der Waals surface area contributed by atoms with Crippen molar-refractivity contribution in [1.82, 2.24) is 15.8 Å². The maximum atomic E-state index is 14.4. The molecule has 0 radical (unpaired) electrons. The number of esters is 1. The van der Waals surface area contributed by atoms with Gasteiger partial charge in [-0.3, -0.25) is 4.79 Å². The lowest BCUT2D eigenvalue weighted by molar-refractivity contribution is -0.147. The van der Waals surface area contributed by atoms with Crippen molar-refractivity contribution in [2.75, 3.05) is 19.4 Å². The summed E-state index contributed by atoms with van der Waals surface area (Å²) in [5.74, 6) is -1.74. The molecule has 0 fully saturated rings. The van der Waals surface area contributed by atoms with Gasteiger partial charge in [-0.15, -0.1) is 0 Å². The molecule has 4 atom stereocenters. The molecule has 0 aliphatic carbocycles. The van der Waals surface area contributed by atoms with Crippen LogP contribution in [0.25, 0.3) is 11.3 Å². The molecule has 0 saturated heterocycles. The van der Waals surface area contributed by atoms with Gasteiger partial charge < -0.3 is 34.3 Å². The molecule has 3 N–H and O–H groups in total. The topological polar surface area (TPSA) is 149 Å². The number of hydrogen-bond acceptors (Lipinski definition) is 9. The number of amides is 2. The Hall–Kier alpha value is -5.51. The number of alkyl carbamates (subject to hydrolysis) is 1. The standard InChI is InChI=1S/C42H46N3O8P/c1-3-50-41(48)38(24-31-20-22-35(46)23-21-31)43-40(47)34(26-36-27-37(45-53-36)33-18-12-7-13-19-33)29-54(52-4-2)39(25-30-14-8-5-9-15-30)44-42(49)51-28-32-16-10-6-11-17-32/h5-23,27,34,38-39,46H,3-4,24-26,28-29H2,1-2H3,(H,43,47)(H,44,49)/t34-,38?,39-,54?/m1/s1. The second-order valence-corrected chi connectivity index (χ2v) is 14.6. The van der Waals surface area contributed by atoms with E-state index in [1.54, 1.807) is 25.1 Å². The third kappa shape index (κ3) is 12.3. The van der Waals surface area contributed by atoms with Gasteiger partial charge in [0.1, 0.15) is 29.9 Å². The Labute approximate surface area is 316 Å². The molecular formula is C42H46N3O8P. The highest BCUT2D eigenvalue weighted by atomic mass is 31.1. The van der Waals surface area contributed by atoms with Crippen LogP contribution in [0.1, 0.15) is 36.3 Å². The maximum Gasteiger partial charge on any atom is 0.408 e. The quantitative estimate of drug-likeness (QED) is 0.0579. The third-order valence-corrected chi connectivity index (χ3v) is 10.9. The molecule has 5 aromatic rings. The SMILES string of the molecule is CCOC(=O)C(Cc1ccc(O)cc1)NC(=O)[C@H](Cc1cc(-c2ccccc2)no1)CP(OCC)[C@H](Cc1ccccc1)NC(=O)OCc1ccccc1. The van der Waals surface area contributed by atoms with E-state index >= 15 is 0 Å². The highest BCUT2D eigenvalue weighted by Gasteiger charge is 2.34. The van der Waals surface area contributed by atoms with Crippen molar-refractivity contribution >= 4 is 26.1 Å². The molecule has 0 bridgehead atoms. The number of rotatable bonds is 19. The first kappa shape index (κ1) is 39.7. The first-order chi connectivity index (χ1) is 26.3. The number of aromatic nitrogens is 1. The van der Waals surface area contributed by atoms with Crippen LogP contribution < -0.4 is 10.6 Å². The summed E-state index contributed by atoms with van der Waals surface area (Å²) >= 11 is 0. The molecule has 0 spiro atoms. The van der Waals surface area contributed by atoms with E-state index < -0.39 is 43.9 Å². The van der Waals surface area contributed by atoms with Gasteiger partial charge in [0.25, 0.3) is 0 Å². The Morgan fingerprint density at radius 1 is 0.741 bits per heavy atom. The first-order valence-corrected chi connectivity index (χ1v) is 19.5. The van der Waals surface area contributed by atoms with Crippen LogP contribution in [0.15, 0.2) is 126 Å². The van der Waals surface area contributed by atoms with Crippen LogP contribution in [0.4, 0.5) is 4.79 Å². The van der Waals surface area contributed by atoms with Gasteiger partial charge in [-0.1, -0.05) is 108 Å². The van der Waals surface area contributed by atoms with E-state index in [4.69, 9.17) is 18.5 Å². The molecule has 0 saturated carbocycles. The number of nitrogens with zero attached hydrogens (tertiary/aromatic N) is 1. The van der Waals surface area contributed by atoms with Crippen LogP contribution in [-0.2, 0) is 49.5 Å². The minimum atomic E-state index is -1.53. The number of phenolic OH excluding ortho intramolecular Hbond substituents is 1. The molecule has 0 aliphatic rings. The van der Waals surface area contributed by atoms with Crippen LogP contribution in [0.5, 0.6) is 5.75 Å². The largest absolute Gasteiger partial charge is 0.508 e. The summed E-state index contributed by atoms with van der Waals surface area (Å²) in [6.45, 7) is 4.13. The minimum Gasteiger partial charge on any atom is -0.508 e. The van der Waals surface area contributed by atoms with Gasteiger partial charge in [0.05, 0.1) is 26.5 Å². The molecule has 4 aromatic carbocycles. The Kier molecular flexibility index (Phi) is 15.2. The third-order valence-electron chi connectivity index (χ3n) is 8.52. The fraction of sp³-hybridized carbons (Fsp3) is 0.286. The van der Waals surface area contributed by atoms with Crippen LogP contribution in [0, 0.1) is 5.92 Å². The van der Waals surface area contributed by atoms with Crippen molar-refractivity contribution in [1.29, 1.82) is 0 Å². The molecule has 1 aromatic heterocycles. The van der Waals surface area contributed by atoms with Crippen molar-refractivity contribution in [2.45, 2.75) is 51.5 Å². The molecule has 54 heavy (non-hydrogen) atoms. The van der Waals surface area contributed by atoms with Gasteiger partial charge in [0, 0.05) is 37.2 Å². The fourth-order valence-electron chi connectivity index (χ4n) is 5.85. The summed E-state index contributed by atoms with van der Waals surface area (Å²) in [5, 5.41) is 20.1. The number of carbonyl (C=O) groups excluding carboxylic acids is 3. The average Bonchev–Trinajstić information content (AvgIpc) is 3.67. The zero-order valence-corrected chi connectivity index (χ0v) is 31.3. The van der Waals surface area contributed by atoms with Gasteiger partial charge in [-0.05, 0) is 49.1 Å². The Morgan fingerprint density at radius 3 is 2.02 bits per heavy atom. The minimum absolute atomic E-state index is 0.0874. The molecular weight excluding hydrogens is 705 g/mol. The Morgan fingerprint density at radius 2 is 1.37 bits per heavy atom. The van der Waals surface area contributed by atoms with Crippen LogP contribution >= 0.6 is 8.15 Å². The van der Waals surface area contributed by atoms with Gasteiger partial charge >= 0.3 is 12.1 Å².